The molecule has 0 radical (unpaired) electrons. The van der Waals surface area contributed by atoms with Crippen LogP contribution in [-0.4, -0.2) is 82.9 Å². The lowest BCUT2D eigenvalue weighted by Gasteiger charge is -2.15. The number of pyridine rings is 2. The predicted molar refractivity (Wildman–Crippen MR) is 130 cm³/mol. The summed E-state index contributed by atoms with van der Waals surface area (Å²) in [5.74, 6) is 0.630. The summed E-state index contributed by atoms with van der Waals surface area (Å²) in [6, 6.07) is 13.7. The lowest BCUT2D eigenvalue weighted by molar-refractivity contribution is 0.00706. The maximum Gasteiger partial charge on any atom is 0.296 e. The molecule has 2 aliphatic heterocycles. The van der Waals surface area contributed by atoms with Gasteiger partial charge in [-0.15, -0.1) is 5.10 Å². The second kappa shape index (κ2) is 8.85. The molecule has 13 heteroatoms. The van der Waals surface area contributed by atoms with Crippen LogP contribution in [0.4, 0.5) is 0 Å². The molecular weight excluding hydrogens is 500 g/mol. The van der Waals surface area contributed by atoms with Gasteiger partial charge in [-0.05, 0) is 34.2 Å². The summed E-state index contributed by atoms with van der Waals surface area (Å²) in [6.07, 6.45) is 1.53. The maximum absolute atomic E-state index is 9.93. The van der Waals surface area contributed by atoms with Crippen LogP contribution in [0, 0.1) is 0 Å². The normalized spacial score (nSPS) is 23.0. The standard InChI is InChI=1S/C24H19ClN8O4/c25-15-7-16-23(30-24(28-16)37-18-10-36-21-17(34)9-35-22(18)21)29-20(15)13-3-1-12(2-4-13)14-5-6-19(26-8-14)33-11-27-31-32-33/h1-8,11,17-18,21-22,34H,9-10H2,(H,28,29,30)/t17-,18-,21-,22?/m1/s1. The minimum Gasteiger partial charge on any atom is -0.456 e. The van der Waals surface area contributed by atoms with Gasteiger partial charge in [-0.1, -0.05) is 35.9 Å². The molecule has 12 nitrogen and oxygen atoms in total. The number of H-pyrrole nitrogens is 1. The van der Waals surface area contributed by atoms with Gasteiger partial charge in [-0.25, -0.2) is 9.97 Å². The van der Waals surface area contributed by atoms with Crippen molar-refractivity contribution in [1.82, 2.24) is 40.1 Å². The number of aliphatic hydroxyl groups is 1. The minimum absolute atomic E-state index is 0.233. The Hall–Kier alpha value is -3.97. The fourth-order valence-electron chi connectivity index (χ4n) is 4.62. The molecule has 2 N–H and O–H groups in total. The monoisotopic (exact) mass is 518 g/mol. The second-order valence-electron chi connectivity index (χ2n) is 8.79. The maximum atomic E-state index is 9.93. The smallest absolute Gasteiger partial charge is 0.296 e. The fourth-order valence-corrected chi connectivity index (χ4v) is 4.88. The van der Waals surface area contributed by atoms with Crippen LogP contribution < -0.4 is 4.74 Å². The lowest BCUT2D eigenvalue weighted by Crippen LogP contribution is -2.34. The molecule has 0 amide bonds. The van der Waals surface area contributed by atoms with Crippen LogP contribution in [0.2, 0.25) is 5.02 Å². The SMILES string of the molecule is O[C@@H]1COC2[C@H](Oc3nc4nc(-c5ccc(-c6ccc(-n7cnnn7)nc6)cc5)c(Cl)cc4[nH]3)CO[C@@H]21. The number of aromatic amines is 1. The van der Waals surface area contributed by atoms with Crippen LogP contribution in [0.3, 0.4) is 0 Å². The van der Waals surface area contributed by atoms with E-state index in [0.717, 1.165) is 16.7 Å². The first-order chi connectivity index (χ1) is 18.1. The zero-order valence-electron chi connectivity index (χ0n) is 19.1. The van der Waals surface area contributed by atoms with Gasteiger partial charge in [0.2, 0.25) is 0 Å². The van der Waals surface area contributed by atoms with E-state index < -0.39 is 6.10 Å². The average Bonchev–Trinajstić information content (AvgIpc) is 3.71. The Labute approximate surface area is 214 Å². The zero-order valence-corrected chi connectivity index (χ0v) is 19.9. The van der Waals surface area contributed by atoms with Crippen molar-refractivity contribution in [1.29, 1.82) is 0 Å². The molecule has 37 heavy (non-hydrogen) atoms. The summed E-state index contributed by atoms with van der Waals surface area (Å²) < 4.78 is 18.7. The van der Waals surface area contributed by atoms with Gasteiger partial charge in [-0.3, -0.25) is 0 Å². The van der Waals surface area contributed by atoms with Crippen LogP contribution in [0.5, 0.6) is 6.01 Å². The van der Waals surface area contributed by atoms with Gasteiger partial charge in [0.1, 0.15) is 24.6 Å². The van der Waals surface area contributed by atoms with E-state index in [4.69, 9.17) is 25.8 Å². The molecule has 0 saturated carbocycles. The number of rotatable bonds is 5. The highest BCUT2D eigenvalue weighted by atomic mass is 35.5. The van der Waals surface area contributed by atoms with Crippen molar-refractivity contribution in [2.24, 2.45) is 0 Å². The minimum atomic E-state index is -0.642. The summed E-state index contributed by atoms with van der Waals surface area (Å²) in [5.41, 5.74) is 4.52. The number of nitrogens with one attached hydrogen (secondary N) is 1. The van der Waals surface area contributed by atoms with Gasteiger partial charge in [0.25, 0.3) is 6.01 Å². The van der Waals surface area contributed by atoms with Crippen LogP contribution in [0.25, 0.3) is 39.4 Å². The van der Waals surface area contributed by atoms with Crippen molar-refractivity contribution >= 4 is 22.8 Å². The number of halogens is 1. The number of ether oxygens (including phenoxy) is 3. The van der Waals surface area contributed by atoms with Crippen molar-refractivity contribution in [3.05, 3.63) is 60.0 Å². The summed E-state index contributed by atoms with van der Waals surface area (Å²) in [4.78, 5) is 16.7. The number of benzene rings is 1. The van der Waals surface area contributed by atoms with Gasteiger partial charge in [0.15, 0.2) is 17.6 Å². The Morgan fingerprint density at radius 2 is 1.81 bits per heavy atom. The van der Waals surface area contributed by atoms with Crippen molar-refractivity contribution in [3.8, 4) is 34.2 Å². The average molecular weight is 519 g/mol. The van der Waals surface area contributed by atoms with Crippen molar-refractivity contribution < 1.29 is 19.3 Å². The number of aromatic nitrogens is 8. The second-order valence-corrected chi connectivity index (χ2v) is 9.20. The van der Waals surface area contributed by atoms with Crippen LogP contribution >= 0.6 is 11.6 Å². The molecule has 4 aromatic heterocycles. The molecule has 0 aliphatic carbocycles. The molecule has 1 aromatic carbocycles. The summed E-state index contributed by atoms with van der Waals surface area (Å²) in [6.45, 7) is 0.544. The van der Waals surface area contributed by atoms with E-state index in [-0.39, 0.29) is 24.9 Å². The Morgan fingerprint density at radius 1 is 1.00 bits per heavy atom. The molecule has 6 heterocycles. The third kappa shape index (κ3) is 4.00. The van der Waals surface area contributed by atoms with E-state index >= 15 is 0 Å². The van der Waals surface area contributed by atoms with Gasteiger partial charge in [-0.2, -0.15) is 9.67 Å². The third-order valence-electron chi connectivity index (χ3n) is 6.47. The quantitative estimate of drug-likeness (QED) is 0.355. The van der Waals surface area contributed by atoms with Gasteiger partial charge < -0.3 is 24.3 Å². The highest BCUT2D eigenvalue weighted by Crippen LogP contribution is 2.33. The first kappa shape index (κ1) is 22.2. The van der Waals surface area contributed by atoms with Crippen molar-refractivity contribution in [2.75, 3.05) is 13.2 Å². The molecule has 0 spiro atoms. The molecular formula is C24H19ClN8O4. The first-order valence-corrected chi connectivity index (χ1v) is 11.9. The highest BCUT2D eigenvalue weighted by Gasteiger charge is 2.48. The molecule has 2 aliphatic rings. The van der Waals surface area contributed by atoms with E-state index in [0.29, 0.717) is 40.3 Å². The Morgan fingerprint density at radius 3 is 2.59 bits per heavy atom. The Bertz CT molecular complexity index is 1560. The first-order valence-electron chi connectivity index (χ1n) is 11.6. The summed E-state index contributed by atoms with van der Waals surface area (Å²) in [7, 11) is 0. The van der Waals surface area contributed by atoms with Gasteiger partial charge in [0.05, 0.1) is 29.4 Å². The Balaban J connectivity index is 1.11. The van der Waals surface area contributed by atoms with Gasteiger partial charge >= 0.3 is 0 Å². The predicted octanol–water partition coefficient (Wildman–Crippen LogP) is 2.22. The zero-order chi connectivity index (χ0) is 24.9. The van der Waals surface area contributed by atoms with E-state index in [1.165, 1.54) is 11.0 Å². The van der Waals surface area contributed by atoms with E-state index in [1.54, 1.807) is 12.3 Å². The van der Waals surface area contributed by atoms with Crippen molar-refractivity contribution in [2.45, 2.75) is 24.4 Å². The summed E-state index contributed by atoms with van der Waals surface area (Å²) >= 11 is 6.58. The molecule has 2 saturated heterocycles. The Kier molecular flexibility index (Phi) is 5.32. The highest BCUT2D eigenvalue weighted by molar-refractivity contribution is 6.33. The number of tetrazole rings is 1. The topological polar surface area (TPSA) is 146 Å². The summed E-state index contributed by atoms with van der Waals surface area (Å²) in [5, 5.41) is 21.5. The van der Waals surface area contributed by atoms with E-state index in [2.05, 4.69) is 35.5 Å². The van der Waals surface area contributed by atoms with Crippen LogP contribution in [-0.2, 0) is 9.47 Å². The molecule has 186 valence electrons. The number of nitrogens with zero attached hydrogens (tertiary/aromatic N) is 7. The molecule has 2 fully saturated rings. The van der Waals surface area contributed by atoms with E-state index in [1.807, 2.05) is 36.4 Å². The molecule has 7 rings (SSSR count). The molecule has 0 bridgehead atoms. The van der Waals surface area contributed by atoms with Gasteiger partial charge in [0, 0.05) is 17.3 Å². The van der Waals surface area contributed by atoms with Crippen LogP contribution in [0.1, 0.15) is 0 Å². The lowest BCUT2D eigenvalue weighted by atomic mass is 10.0. The number of aliphatic hydroxyl groups excluding tert-OH is 1. The molecule has 4 atom stereocenters. The molecule has 5 aromatic rings. The van der Waals surface area contributed by atoms with E-state index in [9.17, 15) is 5.11 Å². The van der Waals surface area contributed by atoms with Crippen molar-refractivity contribution in [3.63, 3.8) is 0 Å². The number of fused-ring (bicyclic) bond motifs is 2. The largest absolute Gasteiger partial charge is 0.456 e. The van der Waals surface area contributed by atoms with Crippen LogP contribution in [0.15, 0.2) is 55.0 Å². The third-order valence-corrected chi connectivity index (χ3v) is 6.76. The number of hydrogen-bond acceptors (Lipinski definition) is 10. The fraction of sp³-hybridized carbons (Fsp3) is 0.250. The number of imidazole rings is 1. The number of hydrogen-bond donors (Lipinski definition) is 2. The molecule has 1 unspecified atom stereocenters.